The van der Waals surface area contributed by atoms with E-state index >= 15 is 0 Å². The van der Waals surface area contributed by atoms with Crippen LogP contribution in [-0.2, 0) is 14.3 Å². The molecule has 9 heteroatoms. The first-order valence-electron chi connectivity index (χ1n) is 12.1. The Balaban J connectivity index is 2.33. The predicted octanol–water partition coefficient (Wildman–Crippen LogP) is 3.01. The molecule has 1 aliphatic carbocycles. The molecular weight excluding hydrogens is 438 g/mol. The lowest BCUT2D eigenvalue weighted by Crippen LogP contribution is -2.55. The van der Waals surface area contributed by atoms with Gasteiger partial charge in [0.05, 0.1) is 6.61 Å². The van der Waals surface area contributed by atoms with Crippen LogP contribution in [0.1, 0.15) is 77.8 Å². The van der Waals surface area contributed by atoms with Crippen molar-refractivity contribution in [3.8, 4) is 5.75 Å². The zero-order chi connectivity index (χ0) is 25.3. The standard InChI is InChI=1S/C25H39N3O6/c1-5-15-28(23(32)20(16-29)27-24(33)34-25(2,3)4)21(17-11-13-19(30)14-12-17)22(31)26-18-9-7-6-8-10-18/h11-14,18,20-21,29-30H,5-10,15-16H2,1-4H3,(H,26,31)(H,27,33). The van der Waals surface area contributed by atoms with E-state index in [0.29, 0.717) is 12.0 Å². The van der Waals surface area contributed by atoms with E-state index in [4.69, 9.17) is 4.74 Å². The first kappa shape index (κ1) is 27.4. The number of carbonyl (C=O) groups is 3. The molecule has 0 saturated heterocycles. The summed E-state index contributed by atoms with van der Waals surface area (Å²) >= 11 is 0. The van der Waals surface area contributed by atoms with E-state index in [2.05, 4.69) is 10.6 Å². The summed E-state index contributed by atoms with van der Waals surface area (Å²) in [5.41, 5.74) is -0.244. The van der Waals surface area contributed by atoms with Gasteiger partial charge in [0, 0.05) is 12.6 Å². The quantitative estimate of drug-likeness (QED) is 0.433. The van der Waals surface area contributed by atoms with Crippen molar-refractivity contribution in [3.05, 3.63) is 29.8 Å². The van der Waals surface area contributed by atoms with Gasteiger partial charge < -0.3 is 30.5 Å². The Labute approximate surface area is 201 Å². The molecule has 4 N–H and O–H groups in total. The normalized spacial score (nSPS) is 16.3. The van der Waals surface area contributed by atoms with Crippen LogP contribution in [0.3, 0.4) is 0 Å². The van der Waals surface area contributed by atoms with E-state index < -0.39 is 36.3 Å². The lowest BCUT2D eigenvalue weighted by Gasteiger charge is -2.35. The van der Waals surface area contributed by atoms with E-state index in [9.17, 15) is 24.6 Å². The lowest BCUT2D eigenvalue weighted by molar-refractivity contribution is -0.143. The third-order valence-corrected chi connectivity index (χ3v) is 5.64. The van der Waals surface area contributed by atoms with Crippen molar-refractivity contribution in [1.82, 2.24) is 15.5 Å². The maximum Gasteiger partial charge on any atom is 0.408 e. The molecule has 2 rings (SSSR count). The molecule has 2 unspecified atom stereocenters. The molecule has 1 aromatic rings. The van der Waals surface area contributed by atoms with Crippen molar-refractivity contribution in [2.24, 2.45) is 0 Å². The number of phenolic OH excluding ortho intramolecular Hbond substituents is 1. The molecule has 0 aliphatic heterocycles. The number of hydrogen-bond donors (Lipinski definition) is 4. The van der Waals surface area contributed by atoms with Gasteiger partial charge in [0.15, 0.2) is 0 Å². The molecule has 0 bridgehead atoms. The zero-order valence-electron chi connectivity index (χ0n) is 20.7. The van der Waals surface area contributed by atoms with Crippen LogP contribution in [0.5, 0.6) is 5.75 Å². The number of aliphatic hydroxyl groups is 1. The second-order valence-corrected chi connectivity index (χ2v) is 9.75. The Bertz CT molecular complexity index is 815. The number of ether oxygens (including phenoxy) is 1. The molecule has 1 saturated carbocycles. The van der Waals surface area contributed by atoms with Gasteiger partial charge in [-0.15, -0.1) is 0 Å². The predicted molar refractivity (Wildman–Crippen MR) is 128 cm³/mol. The van der Waals surface area contributed by atoms with Crippen LogP contribution in [0.15, 0.2) is 24.3 Å². The highest BCUT2D eigenvalue weighted by Crippen LogP contribution is 2.26. The van der Waals surface area contributed by atoms with Gasteiger partial charge in [-0.25, -0.2) is 4.79 Å². The van der Waals surface area contributed by atoms with Crippen molar-refractivity contribution >= 4 is 17.9 Å². The highest BCUT2D eigenvalue weighted by atomic mass is 16.6. The van der Waals surface area contributed by atoms with Gasteiger partial charge in [0.2, 0.25) is 11.8 Å². The van der Waals surface area contributed by atoms with Crippen LogP contribution in [0.2, 0.25) is 0 Å². The van der Waals surface area contributed by atoms with Gasteiger partial charge in [-0.2, -0.15) is 0 Å². The number of phenols is 1. The number of nitrogens with zero attached hydrogens (tertiary/aromatic N) is 1. The molecule has 0 spiro atoms. The SMILES string of the molecule is CCCN(C(=O)C(CO)NC(=O)OC(C)(C)C)C(C(=O)NC1CCCCC1)c1ccc(O)cc1. The Hall–Kier alpha value is -2.81. The fourth-order valence-electron chi connectivity index (χ4n) is 4.10. The largest absolute Gasteiger partial charge is 0.508 e. The van der Waals surface area contributed by atoms with E-state index in [0.717, 1.165) is 32.1 Å². The second kappa shape index (κ2) is 12.6. The molecule has 1 aliphatic rings. The molecule has 1 aromatic carbocycles. The number of rotatable bonds is 9. The highest BCUT2D eigenvalue weighted by Gasteiger charge is 2.36. The number of nitrogens with one attached hydrogen (secondary N) is 2. The second-order valence-electron chi connectivity index (χ2n) is 9.75. The van der Waals surface area contributed by atoms with Gasteiger partial charge in [0.25, 0.3) is 0 Å². The fourth-order valence-corrected chi connectivity index (χ4v) is 4.10. The number of amides is 3. The minimum atomic E-state index is -1.27. The van der Waals surface area contributed by atoms with Gasteiger partial charge in [0.1, 0.15) is 23.4 Å². The molecule has 34 heavy (non-hydrogen) atoms. The fraction of sp³-hybridized carbons (Fsp3) is 0.640. The van der Waals surface area contributed by atoms with E-state index in [1.54, 1.807) is 32.9 Å². The molecular formula is C25H39N3O6. The summed E-state index contributed by atoms with van der Waals surface area (Å²) in [6.07, 6.45) is 4.72. The van der Waals surface area contributed by atoms with Crippen molar-refractivity contribution in [2.45, 2.75) is 89.9 Å². The van der Waals surface area contributed by atoms with Crippen molar-refractivity contribution in [3.63, 3.8) is 0 Å². The molecule has 9 nitrogen and oxygen atoms in total. The summed E-state index contributed by atoms with van der Waals surface area (Å²) < 4.78 is 5.23. The van der Waals surface area contributed by atoms with E-state index in [1.807, 2.05) is 6.92 Å². The molecule has 0 aromatic heterocycles. The van der Waals surface area contributed by atoms with E-state index in [1.165, 1.54) is 17.0 Å². The van der Waals surface area contributed by atoms with Crippen molar-refractivity contribution in [1.29, 1.82) is 0 Å². The highest BCUT2D eigenvalue weighted by molar-refractivity contribution is 5.92. The van der Waals surface area contributed by atoms with Crippen LogP contribution in [-0.4, -0.2) is 63.9 Å². The topological polar surface area (TPSA) is 128 Å². The zero-order valence-corrected chi connectivity index (χ0v) is 20.7. The van der Waals surface area contributed by atoms with Crippen LogP contribution in [0.4, 0.5) is 4.79 Å². The summed E-state index contributed by atoms with van der Waals surface area (Å²) in [7, 11) is 0. The third-order valence-electron chi connectivity index (χ3n) is 5.64. The molecule has 190 valence electrons. The summed E-state index contributed by atoms with van der Waals surface area (Å²) in [4.78, 5) is 40.6. The Morgan fingerprint density at radius 1 is 1.12 bits per heavy atom. The minimum Gasteiger partial charge on any atom is -0.508 e. The first-order chi connectivity index (χ1) is 16.1. The van der Waals surface area contributed by atoms with Crippen LogP contribution >= 0.6 is 0 Å². The monoisotopic (exact) mass is 477 g/mol. The molecule has 2 atom stereocenters. The smallest absolute Gasteiger partial charge is 0.408 e. The number of hydrogen-bond acceptors (Lipinski definition) is 6. The number of aromatic hydroxyl groups is 1. The van der Waals surface area contributed by atoms with E-state index in [-0.39, 0.29) is 24.2 Å². The van der Waals surface area contributed by atoms with Gasteiger partial charge in [-0.1, -0.05) is 38.3 Å². The number of benzene rings is 1. The number of carbonyl (C=O) groups excluding carboxylic acids is 3. The van der Waals surface area contributed by atoms with Gasteiger partial charge >= 0.3 is 6.09 Å². The molecule has 3 amide bonds. The van der Waals surface area contributed by atoms with Crippen LogP contribution < -0.4 is 10.6 Å². The Morgan fingerprint density at radius 2 is 1.74 bits per heavy atom. The Kier molecular flexibility index (Phi) is 10.2. The summed E-state index contributed by atoms with van der Waals surface area (Å²) in [6.45, 7) is 6.55. The first-order valence-corrected chi connectivity index (χ1v) is 12.1. The lowest BCUT2D eigenvalue weighted by atomic mass is 9.94. The Morgan fingerprint density at radius 3 is 2.26 bits per heavy atom. The van der Waals surface area contributed by atoms with Gasteiger partial charge in [-0.05, 0) is 57.7 Å². The van der Waals surface area contributed by atoms with Crippen molar-refractivity contribution < 1.29 is 29.3 Å². The van der Waals surface area contributed by atoms with Crippen LogP contribution in [0, 0.1) is 0 Å². The average molecular weight is 478 g/mol. The third kappa shape index (κ3) is 8.20. The minimum absolute atomic E-state index is 0.0352. The van der Waals surface area contributed by atoms with Crippen LogP contribution in [0.25, 0.3) is 0 Å². The summed E-state index contributed by atoms with van der Waals surface area (Å²) in [5.74, 6) is -0.871. The number of aliphatic hydroxyl groups excluding tert-OH is 1. The maximum atomic E-state index is 13.5. The molecule has 0 heterocycles. The average Bonchev–Trinajstić information content (AvgIpc) is 2.77. The summed E-state index contributed by atoms with van der Waals surface area (Å²) in [6, 6.07) is 3.92. The number of alkyl carbamates (subject to hydrolysis) is 1. The van der Waals surface area contributed by atoms with Crippen molar-refractivity contribution in [2.75, 3.05) is 13.2 Å². The maximum absolute atomic E-state index is 13.5. The summed E-state index contributed by atoms with van der Waals surface area (Å²) in [5, 5.41) is 25.1. The molecule has 1 fully saturated rings. The molecule has 0 radical (unpaired) electrons. The van der Waals surface area contributed by atoms with Gasteiger partial charge in [-0.3, -0.25) is 9.59 Å².